The standard InChI is InChI=1S/C14H25N3O2/c1-15-13(17-11-5-6-11)16-9-12-10-18-14(19-12)7-3-2-4-8-14/h11-12H,2-10H2,1H3,(H2,15,16,17). The predicted molar refractivity (Wildman–Crippen MR) is 74.2 cm³/mol. The van der Waals surface area contributed by atoms with Gasteiger partial charge in [-0.15, -0.1) is 0 Å². The summed E-state index contributed by atoms with van der Waals surface area (Å²) in [4.78, 5) is 4.23. The van der Waals surface area contributed by atoms with Gasteiger partial charge in [0, 0.05) is 32.5 Å². The van der Waals surface area contributed by atoms with Gasteiger partial charge < -0.3 is 20.1 Å². The lowest BCUT2D eigenvalue weighted by Gasteiger charge is -2.31. The van der Waals surface area contributed by atoms with Crippen LogP contribution in [0.15, 0.2) is 4.99 Å². The molecular weight excluding hydrogens is 242 g/mol. The zero-order chi connectivity index (χ0) is 13.1. The second-order valence-corrected chi connectivity index (χ2v) is 5.89. The van der Waals surface area contributed by atoms with Crippen molar-refractivity contribution in [2.45, 2.75) is 62.9 Å². The lowest BCUT2D eigenvalue weighted by molar-refractivity contribution is -0.186. The van der Waals surface area contributed by atoms with Gasteiger partial charge in [-0.2, -0.15) is 0 Å². The number of hydrogen-bond donors (Lipinski definition) is 2. The van der Waals surface area contributed by atoms with E-state index in [0.717, 1.165) is 25.3 Å². The summed E-state index contributed by atoms with van der Waals surface area (Å²) >= 11 is 0. The lowest BCUT2D eigenvalue weighted by Crippen LogP contribution is -2.43. The van der Waals surface area contributed by atoms with Gasteiger partial charge in [-0.05, 0) is 25.7 Å². The Morgan fingerprint density at radius 1 is 1.26 bits per heavy atom. The van der Waals surface area contributed by atoms with E-state index in [-0.39, 0.29) is 11.9 Å². The second kappa shape index (κ2) is 5.67. The highest BCUT2D eigenvalue weighted by atomic mass is 16.7. The molecule has 1 heterocycles. The van der Waals surface area contributed by atoms with Crippen molar-refractivity contribution in [2.75, 3.05) is 20.2 Å². The maximum absolute atomic E-state index is 6.14. The van der Waals surface area contributed by atoms with Gasteiger partial charge in [0.2, 0.25) is 0 Å². The van der Waals surface area contributed by atoms with Gasteiger partial charge in [0.05, 0.1) is 6.61 Å². The largest absolute Gasteiger partial charge is 0.354 e. The van der Waals surface area contributed by atoms with Crippen molar-refractivity contribution in [1.82, 2.24) is 10.6 Å². The molecule has 5 nitrogen and oxygen atoms in total. The maximum Gasteiger partial charge on any atom is 0.191 e. The highest BCUT2D eigenvalue weighted by molar-refractivity contribution is 5.80. The Morgan fingerprint density at radius 3 is 2.74 bits per heavy atom. The molecule has 1 aliphatic heterocycles. The topological polar surface area (TPSA) is 54.9 Å². The Labute approximate surface area is 115 Å². The average molecular weight is 267 g/mol. The molecule has 0 amide bonds. The van der Waals surface area contributed by atoms with Crippen LogP contribution in [0.5, 0.6) is 0 Å². The van der Waals surface area contributed by atoms with Crippen molar-refractivity contribution < 1.29 is 9.47 Å². The molecule has 1 spiro atoms. The molecule has 5 heteroatoms. The molecule has 2 saturated carbocycles. The highest BCUT2D eigenvalue weighted by Crippen LogP contribution is 2.37. The molecule has 2 N–H and O–H groups in total. The first-order valence-corrected chi connectivity index (χ1v) is 7.59. The van der Waals surface area contributed by atoms with Crippen LogP contribution in [0, 0.1) is 0 Å². The van der Waals surface area contributed by atoms with Crippen LogP contribution in [0.2, 0.25) is 0 Å². The fourth-order valence-electron chi connectivity index (χ4n) is 2.90. The zero-order valence-electron chi connectivity index (χ0n) is 11.8. The minimum absolute atomic E-state index is 0.149. The van der Waals surface area contributed by atoms with E-state index in [1.165, 1.54) is 32.1 Å². The van der Waals surface area contributed by atoms with Crippen LogP contribution in [0.1, 0.15) is 44.9 Å². The summed E-state index contributed by atoms with van der Waals surface area (Å²) in [5.41, 5.74) is 0. The first-order chi connectivity index (χ1) is 9.30. The second-order valence-electron chi connectivity index (χ2n) is 5.89. The molecule has 0 aromatic carbocycles. The van der Waals surface area contributed by atoms with Crippen molar-refractivity contribution in [3.05, 3.63) is 0 Å². The number of hydrogen-bond acceptors (Lipinski definition) is 3. The molecule has 0 radical (unpaired) electrons. The van der Waals surface area contributed by atoms with Crippen LogP contribution in [0.3, 0.4) is 0 Å². The minimum atomic E-state index is -0.266. The highest BCUT2D eigenvalue weighted by Gasteiger charge is 2.42. The van der Waals surface area contributed by atoms with E-state index in [0.29, 0.717) is 12.6 Å². The van der Waals surface area contributed by atoms with Gasteiger partial charge in [0.25, 0.3) is 0 Å². The van der Waals surface area contributed by atoms with Crippen molar-refractivity contribution in [3.63, 3.8) is 0 Å². The van der Waals surface area contributed by atoms with Crippen molar-refractivity contribution in [2.24, 2.45) is 4.99 Å². The smallest absolute Gasteiger partial charge is 0.191 e. The molecule has 1 atom stereocenters. The molecule has 1 unspecified atom stereocenters. The van der Waals surface area contributed by atoms with E-state index < -0.39 is 0 Å². The molecule has 2 aliphatic carbocycles. The van der Waals surface area contributed by atoms with Gasteiger partial charge in [-0.25, -0.2) is 0 Å². The molecule has 1 saturated heterocycles. The fraction of sp³-hybridized carbons (Fsp3) is 0.929. The molecule has 3 rings (SSSR count). The van der Waals surface area contributed by atoms with Crippen LogP contribution in [0.25, 0.3) is 0 Å². The van der Waals surface area contributed by atoms with E-state index in [9.17, 15) is 0 Å². The van der Waals surface area contributed by atoms with Gasteiger partial charge in [-0.1, -0.05) is 6.42 Å². The van der Waals surface area contributed by atoms with Gasteiger partial charge in [0.15, 0.2) is 11.7 Å². The molecule has 0 aromatic rings. The Bertz CT molecular complexity index is 336. The van der Waals surface area contributed by atoms with E-state index in [1.54, 1.807) is 0 Å². The molecule has 3 aliphatic rings. The first-order valence-electron chi connectivity index (χ1n) is 7.59. The summed E-state index contributed by atoms with van der Waals surface area (Å²) in [5.74, 6) is 0.619. The summed E-state index contributed by atoms with van der Waals surface area (Å²) in [6, 6.07) is 0.622. The van der Waals surface area contributed by atoms with E-state index in [4.69, 9.17) is 9.47 Å². The zero-order valence-corrected chi connectivity index (χ0v) is 11.8. The van der Waals surface area contributed by atoms with Crippen LogP contribution in [0.4, 0.5) is 0 Å². The third-order valence-electron chi connectivity index (χ3n) is 4.17. The summed E-state index contributed by atoms with van der Waals surface area (Å²) in [5, 5.41) is 6.72. The van der Waals surface area contributed by atoms with E-state index >= 15 is 0 Å². The third kappa shape index (κ3) is 3.39. The van der Waals surface area contributed by atoms with Crippen molar-refractivity contribution in [3.8, 4) is 0 Å². The molecule has 3 fully saturated rings. The van der Waals surface area contributed by atoms with Crippen LogP contribution in [-0.2, 0) is 9.47 Å². The van der Waals surface area contributed by atoms with Crippen LogP contribution < -0.4 is 10.6 Å². The number of guanidine groups is 1. The average Bonchev–Trinajstić information content (AvgIpc) is 3.18. The maximum atomic E-state index is 6.14. The Morgan fingerprint density at radius 2 is 2.05 bits per heavy atom. The molecule has 108 valence electrons. The van der Waals surface area contributed by atoms with Gasteiger partial charge in [-0.3, -0.25) is 4.99 Å². The SMILES string of the molecule is CN=C(NCC1COC2(CCCCC2)O1)NC1CC1. The normalized spacial score (nSPS) is 30.6. The third-order valence-corrected chi connectivity index (χ3v) is 4.17. The number of rotatable bonds is 3. The fourth-order valence-corrected chi connectivity index (χ4v) is 2.90. The summed E-state index contributed by atoms with van der Waals surface area (Å²) in [6.45, 7) is 1.47. The first kappa shape index (κ1) is 13.2. The quantitative estimate of drug-likeness (QED) is 0.599. The number of nitrogens with zero attached hydrogens (tertiary/aromatic N) is 1. The molecule has 19 heavy (non-hydrogen) atoms. The molecule has 0 bridgehead atoms. The van der Waals surface area contributed by atoms with E-state index in [2.05, 4.69) is 15.6 Å². The Balaban J connectivity index is 1.43. The number of nitrogens with one attached hydrogen (secondary N) is 2. The van der Waals surface area contributed by atoms with Gasteiger partial charge in [0.1, 0.15) is 6.10 Å². The van der Waals surface area contributed by atoms with Crippen LogP contribution >= 0.6 is 0 Å². The molecular formula is C14H25N3O2. The van der Waals surface area contributed by atoms with Crippen molar-refractivity contribution >= 4 is 5.96 Å². The molecule has 0 aromatic heterocycles. The van der Waals surface area contributed by atoms with Gasteiger partial charge >= 0.3 is 0 Å². The van der Waals surface area contributed by atoms with Crippen molar-refractivity contribution in [1.29, 1.82) is 0 Å². The minimum Gasteiger partial charge on any atom is -0.354 e. The monoisotopic (exact) mass is 267 g/mol. The van der Waals surface area contributed by atoms with E-state index in [1.807, 2.05) is 7.05 Å². The summed E-state index contributed by atoms with van der Waals surface area (Å²) in [7, 11) is 1.81. The summed E-state index contributed by atoms with van der Waals surface area (Å²) in [6.07, 6.45) is 8.54. The Kier molecular flexibility index (Phi) is 3.93. The number of ether oxygens (including phenoxy) is 2. The lowest BCUT2D eigenvalue weighted by atomic mass is 9.94. The van der Waals surface area contributed by atoms with Crippen LogP contribution in [-0.4, -0.2) is 44.1 Å². The predicted octanol–water partition coefficient (Wildman–Crippen LogP) is 1.39. The Hall–Kier alpha value is -0.810. The number of aliphatic imine (C=N–C) groups is 1. The summed E-state index contributed by atoms with van der Waals surface area (Å²) < 4.78 is 12.1.